The Balaban J connectivity index is 1.27. The number of carbonyl (C=O) groups excluding carboxylic acids is 1. The lowest BCUT2D eigenvalue weighted by molar-refractivity contribution is -0.127. The van der Waals surface area contributed by atoms with Gasteiger partial charge in [-0.25, -0.2) is 4.98 Å². The van der Waals surface area contributed by atoms with Crippen LogP contribution in [0.1, 0.15) is 42.0 Å². The first-order valence-corrected chi connectivity index (χ1v) is 11.3. The number of amides is 1. The number of hydrogen-bond donors (Lipinski definition) is 2. The Morgan fingerprint density at radius 3 is 2.77 bits per heavy atom. The maximum absolute atomic E-state index is 12.6. The quantitative estimate of drug-likeness (QED) is 0.812. The maximum Gasteiger partial charge on any atom is 0.223 e. The highest BCUT2D eigenvalue weighted by Gasteiger charge is 2.40. The summed E-state index contributed by atoms with van der Waals surface area (Å²) in [6, 6.07) is 4.62. The Bertz CT molecular complexity index is 755. The van der Waals surface area contributed by atoms with Gasteiger partial charge in [0.1, 0.15) is 0 Å². The van der Waals surface area contributed by atoms with Crippen molar-refractivity contribution in [2.45, 2.75) is 51.5 Å². The van der Waals surface area contributed by atoms with Crippen molar-refractivity contribution in [3.63, 3.8) is 0 Å². The Labute approximate surface area is 163 Å². The molecule has 2 bridgehead atoms. The molecule has 2 aromatic heterocycles. The highest BCUT2D eigenvalue weighted by Crippen LogP contribution is 2.41. The highest BCUT2D eigenvalue weighted by atomic mass is 32.1. The molecule has 26 heavy (non-hydrogen) atoms. The maximum atomic E-state index is 12.6. The van der Waals surface area contributed by atoms with Gasteiger partial charge in [0.15, 0.2) is 0 Å². The van der Waals surface area contributed by atoms with E-state index in [1.165, 1.54) is 29.0 Å². The number of aryl methyl sites for hydroxylation is 1. The molecule has 2 aliphatic carbocycles. The van der Waals surface area contributed by atoms with E-state index in [-0.39, 0.29) is 11.8 Å². The lowest BCUT2D eigenvalue weighted by Crippen LogP contribution is -2.49. The summed E-state index contributed by atoms with van der Waals surface area (Å²) in [4.78, 5) is 19.7. The number of aromatic nitrogens is 1. The minimum atomic E-state index is 0.168. The van der Waals surface area contributed by atoms with Gasteiger partial charge in [-0.1, -0.05) is 6.42 Å². The number of hydrogen-bond acceptors (Lipinski definition) is 5. The second kappa shape index (κ2) is 7.79. The van der Waals surface area contributed by atoms with Gasteiger partial charge >= 0.3 is 0 Å². The van der Waals surface area contributed by atoms with E-state index < -0.39 is 0 Å². The topological polar surface area (TPSA) is 68.0 Å². The van der Waals surface area contributed by atoms with Crippen molar-refractivity contribution in [1.29, 1.82) is 0 Å². The van der Waals surface area contributed by atoms with Crippen LogP contribution in [0.25, 0.3) is 10.6 Å². The number of nitrogens with two attached hydrogens (primary N) is 1. The molecule has 0 spiro atoms. The molecule has 140 valence electrons. The van der Waals surface area contributed by atoms with Crippen LogP contribution in [-0.4, -0.2) is 23.5 Å². The second-order valence-corrected chi connectivity index (χ2v) is 9.99. The predicted molar refractivity (Wildman–Crippen MR) is 108 cm³/mol. The third-order valence-corrected chi connectivity index (χ3v) is 7.93. The van der Waals surface area contributed by atoms with E-state index in [0.29, 0.717) is 24.4 Å². The molecule has 2 saturated carbocycles. The first kappa shape index (κ1) is 18.1. The van der Waals surface area contributed by atoms with E-state index in [2.05, 4.69) is 27.8 Å². The monoisotopic (exact) mass is 389 g/mol. The second-order valence-electron chi connectivity index (χ2n) is 7.76. The molecule has 4 rings (SSSR count). The van der Waals surface area contributed by atoms with E-state index in [1.807, 2.05) is 6.92 Å². The number of rotatable bonds is 5. The Morgan fingerprint density at radius 2 is 2.08 bits per heavy atom. The standard InChI is InChI=1S/C20H27N3OS2/c1-12-23-17(11-25-12)18-6-5-16(26-18)7-8-22-20(24)15-9-13-3-2-4-14(10-15)19(13)21/h5-6,11,13-15,19H,2-4,7-10,21H2,1H3,(H,22,24). The van der Waals surface area contributed by atoms with Crippen molar-refractivity contribution in [3.05, 3.63) is 27.4 Å². The van der Waals surface area contributed by atoms with Crippen molar-refractivity contribution < 1.29 is 4.79 Å². The number of fused-ring (bicyclic) bond motifs is 2. The molecule has 0 radical (unpaired) electrons. The predicted octanol–water partition coefficient (Wildman–Crippen LogP) is 3.99. The van der Waals surface area contributed by atoms with E-state index >= 15 is 0 Å². The fourth-order valence-corrected chi connectivity index (χ4v) is 6.24. The average Bonchev–Trinajstić information content (AvgIpc) is 3.23. The SMILES string of the molecule is Cc1nc(-c2ccc(CCNC(=O)C3CC4CCCC(C3)C4N)s2)cs1. The summed E-state index contributed by atoms with van der Waals surface area (Å²) in [6.07, 6.45) is 6.55. The molecule has 0 aromatic carbocycles. The number of carbonyl (C=O) groups is 1. The van der Waals surface area contributed by atoms with Gasteiger partial charge in [0.05, 0.1) is 15.6 Å². The zero-order valence-corrected chi connectivity index (χ0v) is 16.9. The van der Waals surface area contributed by atoms with Gasteiger partial charge < -0.3 is 11.1 Å². The molecule has 0 saturated heterocycles. The molecule has 2 aliphatic rings. The fourth-order valence-electron chi connectivity index (χ4n) is 4.58. The smallest absolute Gasteiger partial charge is 0.223 e. The largest absolute Gasteiger partial charge is 0.356 e. The van der Waals surface area contributed by atoms with E-state index in [1.54, 1.807) is 22.7 Å². The van der Waals surface area contributed by atoms with Gasteiger partial charge in [-0.05, 0) is 63.0 Å². The minimum Gasteiger partial charge on any atom is -0.356 e. The van der Waals surface area contributed by atoms with Crippen LogP contribution < -0.4 is 11.1 Å². The fraction of sp³-hybridized carbons (Fsp3) is 0.600. The van der Waals surface area contributed by atoms with Gasteiger partial charge in [-0.3, -0.25) is 4.79 Å². The van der Waals surface area contributed by atoms with Gasteiger partial charge in [-0.15, -0.1) is 22.7 Å². The first-order chi connectivity index (χ1) is 12.6. The molecular formula is C20H27N3OS2. The van der Waals surface area contributed by atoms with Crippen LogP contribution in [0.3, 0.4) is 0 Å². The number of nitrogens with one attached hydrogen (secondary N) is 1. The summed E-state index contributed by atoms with van der Waals surface area (Å²) in [7, 11) is 0. The van der Waals surface area contributed by atoms with Crippen molar-refractivity contribution >= 4 is 28.6 Å². The summed E-state index contributed by atoms with van der Waals surface area (Å²) in [5.41, 5.74) is 7.41. The van der Waals surface area contributed by atoms with Crippen LogP contribution >= 0.6 is 22.7 Å². The Kier molecular flexibility index (Phi) is 5.43. The molecule has 2 aromatic rings. The zero-order chi connectivity index (χ0) is 18.1. The lowest BCUT2D eigenvalue weighted by atomic mass is 9.65. The van der Waals surface area contributed by atoms with Crippen LogP contribution in [0.5, 0.6) is 0 Å². The van der Waals surface area contributed by atoms with Crippen molar-refractivity contribution in [2.24, 2.45) is 23.5 Å². The van der Waals surface area contributed by atoms with Crippen LogP contribution in [0.2, 0.25) is 0 Å². The molecule has 1 amide bonds. The van der Waals surface area contributed by atoms with Gasteiger partial charge in [0.2, 0.25) is 5.91 Å². The summed E-state index contributed by atoms with van der Waals surface area (Å²) in [5.74, 6) is 1.52. The first-order valence-electron chi connectivity index (χ1n) is 9.64. The van der Waals surface area contributed by atoms with Crippen molar-refractivity contribution in [3.8, 4) is 10.6 Å². The number of thiazole rings is 1. The molecule has 2 fully saturated rings. The van der Waals surface area contributed by atoms with Crippen LogP contribution in [0.4, 0.5) is 0 Å². The summed E-state index contributed by atoms with van der Waals surface area (Å²) < 4.78 is 0. The van der Waals surface area contributed by atoms with Gasteiger partial charge in [0, 0.05) is 28.8 Å². The lowest BCUT2D eigenvalue weighted by Gasteiger charge is -2.43. The van der Waals surface area contributed by atoms with Crippen LogP contribution in [0, 0.1) is 24.7 Å². The molecule has 6 heteroatoms. The van der Waals surface area contributed by atoms with Crippen molar-refractivity contribution in [2.75, 3.05) is 6.54 Å². The van der Waals surface area contributed by atoms with Crippen molar-refractivity contribution in [1.82, 2.24) is 10.3 Å². The molecule has 2 heterocycles. The average molecular weight is 390 g/mol. The molecule has 2 unspecified atom stereocenters. The molecule has 3 N–H and O–H groups in total. The third kappa shape index (κ3) is 3.87. The Hall–Kier alpha value is -1.24. The van der Waals surface area contributed by atoms with Crippen LogP contribution in [0.15, 0.2) is 17.5 Å². The minimum absolute atomic E-state index is 0.168. The highest BCUT2D eigenvalue weighted by molar-refractivity contribution is 7.16. The number of nitrogens with zero attached hydrogens (tertiary/aromatic N) is 1. The normalized spacial score (nSPS) is 28.1. The van der Waals surface area contributed by atoms with Gasteiger partial charge in [-0.2, -0.15) is 0 Å². The Morgan fingerprint density at radius 1 is 1.31 bits per heavy atom. The van der Waals surface area contributed by atoms with Crippen LogP contribution in [-0.2, 0) is 11.2 Å². The summed E-state index contributed by atoms with van der Waals surface area (Å²) in [5, 5.41) is 6.38. The van der Waals surface area contributed by atoms with E-state index in [4.69, 9.17) is 5.73 Å². The zero-order valence-electron chi connectivity index (χ0n) is 15.2. The number of thiophene rings is 1. The summed E-state index contributed by atoms with van der Waals surface area (Å²) >= 11 is 3.46. The third-order valence-electron chi connectivity index (χ3n) is 5.99. The molecular weight excluding hydrogens is 362 g/mol. The van der Waals surface area contributed by atoms with E-state index in [9.17, 15) is 4.79 Å². The molecule has 0 aliphatic heterocycles. The molecule has 2 atom stereocenters. The van der Waals surface area contributed by atoms with Gasteiger partial charge in [0.25, 0.3) is 0 Å². The summed E-state index contributed by atoms with van der Waals surface area (Å²) in [6.45, 7) is 2.75. The molecule has 4 nitrogen and oxygen atoms in total. The van der Waals surface area contributed by atoms with E-state index in [0.717, 1.165) is 30.0 Å².